The third kappa shape index (κ3) is 4.31. The van der Waals surface area contributed by atoms with Crippen molar-refractivity contribution < 1.29 is 4.79 Å². The molecular formula is C20H22N6O. The Bertz CT molecular complexity index is 863. The van der Waals surface area contributed by atoms with Gasteiger partial charge in [-0.3, -0.25) is 4.79 Å². The smallest absolute Gasteiger partial charge is 0.257 e. The van der Waals surface area contributed by atoms with E-state index in [0.717, 1.165) is 38.2 Å². The SMILES string of the molecule is O=C(c1cnc(Nc2ccccc2)nc1)N1CCCC(Cn2ccnc2)C1. The van der Waals surface area contributed by atoms with Crippen LogP contribution in [0.2, 0.25) is 0 Å². The molecule has 0 aliphatic carbocycles. The molecule has 1 fully saturated rings. The number of imidazole rings is 1. The van der Waals surface area contributed by atoms with Crippen LogP contribution in [0.4, 0.5) is 11.6 Å². The standard InChI is InChI=1S/C20H22N6O/c27-19(26-9-4-5-16(14-26)13-25-10-8-21-15-25)17-11-22-20(23-12-17)24-18-6-2-1-3-7-18/h1-3,6-8,10-12,15-16H,4-5,9,13-14H2,(H,22,23,24). The molecule has 7 nitrogen and oxygen atoms in total. The number of nitrogens with zero attached hydrogens (tertiary/aromatic N) is 5. The Kier molecular flexibility index (Phi) is 5.09. The molecule has 1 saturated heterocycles. The van der Waals surface area contributed by atoms with Crippen LogP contribution in [-0.2, 0) is 6.54 Å². The topological polar surface area (TPSA) is 75.9 Å². The van der Waals surface area contributed by atoms with Crippen LogP contribution in [0.5, 0.6) is 0 Å². The Labute approximate surface area is 158 Å². The molecule has 4 rings (SSSR count). The zero-order valence-electron chi connectivity index (χ0n) is 15.0. The molecule has 0 radical (unpaired) electrons. The molecule has 1 unspecified atom stereocenters. The number of carbonyl (C=O) groups is 1. The maximum absolute atomic E-state index is 12.8. The normalized spacial score (nSPS) is 16.9. The molecule has 1 aromatic carbocycles. The summed E-state index contributed by atoms with van der Waals surface area (Å²) in [4.78, 5) is 27.4. The van der Waals surface area contributed by atoms with Gasteiger partial charge in [0.1, 0.15) is 0 Å². The van der Waals surface area contributed by atoms with Crippen molar-refractivity contribution in [2.45, 2.75) is 19.4 Å². The zero-order chi connectivity index (χ0) is 18.5. The molecule has 27 heavy (non-hydrogen) atoms. The van der Waals surface area contributed by atoms with E-state index in [4.69, 9.17) is 0 Å². The highest BCUT2D eigenvalue weighted by atomic mass is 16.2. The third-order valence-corrected chi connectivity index (χ3v) is 4.76. The summed E-state index contributed by atoms with van der Waals surface area (Å²) in [6.07, 6.45) is 10.9. The van der Waals surface area contributed by atoms with E-state index in [1.165, 1.54) is 0 Å². The van der Waals surface area contributed by atoms with Gasteiger partial charge in [0.2, 0.25) is 5.95 Å². The largest absolute Gasteiger partial charge is 0.338 e. The van der Waals surface area contributed by atoms with E-state index in [0.29, 0.717) is 17.4 Å². The lowest BCUT2D eigenvalue weighted by atomic mass is 9.97. The Hall–Kier alpha value is -3.22. The van der Waals surface area contributed by atoms with E-state index < -0.39 is 0 Å². The Morgan fingerprint density at radius 3 is 2.74 bits per heavy atom. The van der Waals surface area contributed by atoms with Gasteiger partial charge in [0.05, 0.1) is 11.9 Å². The van der Waals surface area contributed by atoms with Crippen LogP contribution in [-0.4, -0.2) is 43.4 Å². The molecule has 0 saturated carbocycles. The minimum absolute atomic E-state index is 0.00316. The number of aromatic nitrogens is 4. The van der Waals surface area contributed by atoms with Gasteiger partial charge in [0.25, 0.3) is 5.91 Å². The monoisotopic (exact) mass is 362 g/mol. The predicted octanol–water partition coefficient (Wildman–Crippen LogP) is 2.97. The Morgan fingerprint density at radius 1 is 1.19 bits per heavy atom. The van der Waals surface area contributed by atoms with Gasteiger partial charge < -0.3 is 14.8 Å². The van der Waals surface area contributed by atoms with Crippen molar-refractivity contribution in [3.63, 3.8) is 0 Å². The second-order valence-corrected chi connectivity index (χ2v) is 6.81. The second-order valence-electron chi connectivity index (χ2n) is 6.81. The molecule has 1 atom stereocenters. The van der Waals surface area contributed by atoms with Crippen LogP contribution in [0, 0.1) is 5.92 Å². The van der Waals surface area contributed by atoms with Gasteiger partial charge in [-0.15, -0.1) is 0 Å². The molecule has 2 aromatic heterocycles. The molecule has 1 aliphatic rings. The lowest BCUT2D eigenvalue weighted by molar-refractivity contribution is 0.0661. The number of benzene rings is 1. The fraction of sp³-hybridized carbons (Fsp3) is 0.300. The molecule has 3 heterocycles. The summed E-state index contributed by atoms with van der Waals surface area (Å²) in [5.74, 6) is 0.919. The number of likely N-dealkylation sites (tertiary alicyclic amines) is 1. The van der Waals surface area contributed by atoms with Crippen molar-refractivity contribution in [3.05, 3.63) is 67.0 Å². The highest BCUT2D eigenvalue weighted by Crippen LogP contribution is 2.20. The summed E-state index contributed by atoms with van der Waals surface area (Å²) in [6.45, 7) is 2.42. The Balaban J connectivity index is 1.38. The number of rotatable bonds is 5. The summed E-state index contributed by atoms with van der Waals surface area (Å²) < 4.78 is 2.08. The molecule has 3 aromatic rings. The second kappa shape index (κ2) is 7.99. The number of para-hydroxylation sites is 1. The van der Waals surface area contributed by atoms with Crippen LogP contribution >= 0.6 is 0 Å². The van der Waals surface area contributed by atoms with Crippen LogP contribution in [0.1, 0.15) is 23.2 Å². The van der Waals surface area contributed by atoms with Gasteiger partial charge in [0, 0.05) is 50.1 Å². The fourth-order valence-corrected chi connectivity index (χ4v) is 3.43. The number of amides is 1. The maximum atomic E-state index is 12.8. The molecule has 0 spiro atoms. The molecule has 138 valence electrons. The third-order valence-electron chi connectivity index (χ3n) is 4.76. The number of carbonyl (C=O) groups excluding carboxylic acids is 1. The first-order valence-corrected chi connectivity index (χ1v) is 9.17. The van der Waals surface area contributed by atoms with E-state index in [2.05, 4.69) is 24.8 Å². The highest BCUT2D eigenvalue weighted by molar-refractivity contribution is 5.93. The summed E-state index contributed by atoms with van der Waals surface area (Å²) in [5.41, 5.74) is 1.44. The minimum Gasteiger partial charge on any atom is -0.338 e. The van der Waals surface area contributed by atoms with Gasteiger partial charge >= 0.3 is 0 Å². The molecule has 1 aliphatic heterocycles. The maximum Gasteiger partial charge on any atom is 0.257 e. The van der Waals surface area contributed by atoms with Crippen molar-refractivity contribution in [1.82, 2.24) is 24.4 Å². The first kappa shape index (κ1) is 17.2. The van der Waals surface area contributed by atoms with E-state index in [9.17, 15) is 4.79 Å². The molecule has 1 N–H and O–H groups in total. The minimum atomic E-state index is -0.00316. The first-order chi connectivity index (χ1) is 13.3. The predicted molar refractivity (Wildman–Crippen MR) is 103 cm³/mol. The lowest BCUT2D eigenvalue weighted by Crippen LogP contribution is -2.41. The number of piperidine rings is 1. The number of hydrogen-bond acceptors (Lipinski definition) is 5. The highest BCUT2D eigenvalue weighted by Gasteiger charge is 2.25. The van der Waals surface area contributed by atoms with E-state index >= 15 is 0 Å². The van der Waals surface area contributed by atoms with Crippen molar-refractivity contribution >= 4 is 17.5 Å². The molecule has 7 heteroatoms. The van der Waals surface area contributed by atoms with Crippen molar-refractivity contribution in [3.8, 4) is 0 Å². The molecule has 1 amide bonds. The number of nitrogens with one attached hydrogen (secondary N) is 1. The Morgan fingerprint density at radius 2 is 2.00 bits per heavy atom. The van der Waals surface area contributed by atoms with Crippen molar-refractivity contribution in [1.29, 1.82) is 0 Å². The summed E-state index contributed by atoms with van der Waals surface area (Å²) in [5, 5.41) is 3.13. The average Bonchev–Trinajstić information content (AvgIpc) is 3.22. The van der Waals surface area contributed by atoms with E-state index in [-0.39, 0.29) is 5.91 Å². The summed E-state index contributed by atoms with van der Waals surface area (Å²) in [7, 11) is 0. The van der Waals surface area contributed by atoms with E-state index in [1.54, 1.807) is 18.6 Å². The van der Waals surface area contributed by atoms with Gasteiger partial charge in [-0.05, 0) is 30.9 Å². The van der Waals surface area contributed by atoms with Gasteiger partial charge in [-0.2, -0.15) is 0 Å². The number of hydrogen-bond donors (Lipinski definition) is 1. The quantitative estimate of drug-likeness (QED) is 0.755. The summed E-state index contributed by atoms with van der Waals surface area (Å²) in [6, 6.07) is 9.72. The van der Waals surface area contributed by atoms with Crippen LogP contribution < -0.4 is 5.32 Å². The zero-order valence-corrected chi connectivity index (χ0v) is 15.0. The molecule has 0 bridgehead atoms. The van der Waals surface area contributed by atoms with Gasteiger partial charge in [-0.25, -0.2) is 15.0 Å². The first-order valence-electron chi connectivity index (χ1n) is 9.17. The fourth-order valence-electron chi connectivity index (χ4n) is 3.43. The van der Waals surface area contributed by atoms with Crippen LogP contribution in [0.15, 0.2) is 61.4 Å². The molecular weight excluding hydrogens is 340 g/mol. The average molecular weight is 362 g/mol. The summed E-state index contributed by atoms with van der Waals surface area (Å²) >= 11 is 0. The van der Waals surface area contributed by atoms with Gasteiger partial charge in [-0.1, -0.05) is 18.2 Å². The van der Waals surface area contributed by atoms with Crippen molar-refractivity contribution in [2.24, 2.45) is 5.92 Å². The van der Waals surface area contributed by atoms with Gasteiger partial charge in [0.15, 0.2) is 0 Å². The number of anilines is 2. The lowest BCUT2D eigenvalue weighted by Gasteiger charge is -2.32. The van der Waals surface area contributed by atoms with Crippen molar-refractivity contribution in [2.75, 3.05) is 18.4 Å². The van der Waals surface area contributed by atoms with Crippen LogP contribution in [0.3, 0.4) is 0 Å². The van der Waals surface area contributed by atoms with Crippen LogP contribution in [0.25, 0.3) is 0 Å². The van der Waals surface area contributed by atoms with E-state index in [1.807, 2.05) is 47.8 Å².